The molecule has 2 rings (SSSR count). The van der Waals surface area contributed by atoms with Crippen LogP contribution in [0.4, 0.5) is 11.4 Å². The first-order valence-corrected chi connectivity index (χ1v) is 7.34. The molecule has 8 nitrogen and oxygen atoms in total. The number of carboxylic acid groups (broad SMARTS) is 1. The third kappa shape index (κ3) is 4.26. The fourth-order valence-electron chi connectivity index (χ4n) is 2.64. The van der Waals surface area contributed by atoms with E-state index in [1.54, 1.807) is 7.05 Å². The Morgan fingerprint density at radius 1 is 1.39 bits per heavy atom. The summed E-state index contributed by atoms with van der Waals surface area (Å²) < 4.78 is 0. The maximum atomic E-state index is 12.3. The van der Waals surface area contributed by atoms with Crippen LogP contribution >= 0.6 is 0 Å². The minimum absolute atomic E-state index is 0.0325. The van der Waals surface area contributed by atoms with Gasteiger partial charge in [0.25, 0.3) is 5.69 Å². The predicted molar refractivity (Wildman–Crippen MR) is 83.3 cm³/mol. The summed E-state index contributed by atoms with van der Waals surface area (Å²) in [6, 6.07) is 5.74. The highest BCUT2D eigenvalue weighted by atomic mass is 16.6. The number of nitro benzene ring substituents is 1. The summed E-state index contributed by atoms with van der Waals surface area (Å²) in [5.41, 5.74) is 0.530. The van der Waals surface area contributed by atoms with Crippen molar-refractivity contribution in [2.24, 2.45) is 5.92 Å². The Bertz CT molecular complexity index is 602. The van der Waals surface area contributed by atoms with E-state index in [4.69, 9.17) is 5.11 Å². The van der Waals surface area contributed by atoms with Crippen molar-refractivity contribution in [2.75, 3.05) is 31.6 Å². The van der Waals surface area contributed by atoms with E-state index in [9.17, 15) is 19.7 Å². The SMILES string of the molecule is CN(C(=O)CN1CCCC(C(=O)O)C1)c1ccc([N+](=O)[O-])cc1. The normalized spacial score (nSPS) is 18.4. The summed E-state index contributed by atoms with van der Waals surface area (Å²) in [7, 11) is 1.60. The lowest BCUT2D eigenvalue weighted by atomic mass is 9.98. The Balaban J connectivity index is 1.96. The maximum Gasteiger partial charge on any atom is 0.307 e. The van der Waals surface area contributed by atoms with E-state index in [1.807, 2.05) is 4.90 Å². The van der Waals surface area contributed by atoms with Crippen LogP contribution in [-0.4, -0.2) is 53.5 Å². The summed E-state index contributed by atoms with van der Waals surface area (Å²) in [5, 5.41) is 19.7. The number of hydrogen-bond acceptors (Lipinski definition) is 5. The van der Waals surface area contributed by atoms with Crippen molar-refractivity contribution in [3.05, 3.63) is 34.4 Å². The second kappa shape index (κ2) is 7.19. The van der Waals surface area contributed by atoms with Crippen LogP contribution in [0.15, 0.2) is 24.3 Å². The smallest absolute Gasteiger partial charge is 0.307 e. The number of nitro groups is 1. The molecule has 1 aliphatic heterocycles. The first-order valence-electron chi connectivity index (χ1n) is 7.34. The van der Waals surface area contributed by atoms with Crippen molar-refractivity contribution in [2.45, 2.75) is 12.8 Å². The number of benzene rings is 1. The molecule has 1 fully saturated rings. The Hall–Kier alpha value is -2.48. The zero-order chi connectivity index (χ0) is 17.0. The van der Waals surface area contributed by atoms with Crippen LogP contribution in [0.5, 0.6) is 0 Å². The lowest BCUT2D eigenvalue weighted by molar-refractivity contribution is -0.384. The fraction of sp³-hybridized carbons (Fsp3) is 0.467. The lowest BCUT2D eigenvalue weighted by Gasteiger charge is -2.31. The zero-order valence-corrected chi connectivity index (χ0v) is 12.8. The van der Waals surface area contributed by atoms with E-state index >= 15 is 0 Å². The third-order valence-corrected chi connectivity index (χ3v) is 4.04. The second-order valence-electron chi connectivity index (χ2n) is 5.64. The molecule has 1 saturated heterocycles. The Morgan fingerprint density at radius 3 is 2.61 bits per heavy atom. The number of nitrogens with zero attached hydrogens (tertiary/aromatic N) is 3. The van der Waals surface area contributed by atoms with Crippen molar-refractivity contribution in [3.63, 3.8) is 0 Å². The second-order valence-corrected chi connectivity index (χ2v) is 5.64. The molecule has 0 radical (unpaired) electrons. The van der Waals surface area contributed by atoms with Gasteiger partial charge in [-0.15, -0.1) is 0 Å². The zero-order valence-electron chi connectivity index (χ0n) is 12.8. The van der Waals surface area contributed by atoms with Crippen molar-refractivity contribution < 1.29 is 19.6 Å². The molecule has 1 amide bonds. The molecular formula is C15H19N3O5. The highest BCUT2D eigenvalue weighted by Crippen LogP contribution is 2.20. The fourth-order valence-corrected chi connectivity index (χ4v) is 2.64. The molecule has 1 aromatic rings. The van der Waals surface area contributed by atoms with Gasteiger partial charge in [0, 0.05) is 31.4 Å². The third-order valence-electron chi connectivity index (χ3n) is 4.04. The van der Waals surface area contributed by atoms with Gasteiger partial charge in [0.05, 0.1) is 17.4 Å². The Morgan fingerprint density at radius 2 is 2.04 bits per heavy atom. The van der Waals surface area contributed by atoms with Crippen molar-refractivity contribution >= 4 is 23.3 Å². The van der Waals surface area contributed by atoms with Gasteiger partial charge in [0.1, 0.15) is 0 Å². The van der Waals surface area contributed by atoms with Crippen LogP contribution in [0, 0.1) is 16.0 Å². The van der Waals surface area contributed by atoms with Gasteiger partial charge in [-0.05, 0) is 31.5 Å². The summed E-state index contributed by atoms with van der Waals surface area (Å²) in [6.07, 6.45) is 1.39. The predicted octanol–water partition coefficient (Wildman–Crippen LogP) is 1.35. The van der Waals surface area contributed by atoms with Gasteiger partial charge >= 0.3 is 5.97 Å². The molecule has 124 valence electrons. The monoisotopic (exact) mass is 321 g/mol. The minimum atomic E-state index is -0.828. The summed E-state index contributed by atoms with van der Waals surface area (Å²) in [5.74, 6) is -1.43. The average Bonchev–Trinajstić information content (AvgIpc) is 2.54. The highest BCUT2D eigenvalue weighted by Gasteiger charge is 2.27. The van der Waals surface area contributed by atoms with Crippen molar-refractivity contribution in [3.8, 4) is 0 Å². The number of aliphatic carboxylic acids is 1. The van der Waals surface area contributed by atoms with Crippen molar-refractivity contribution in [1.82, 2.24) is 4.90 Å². The van der Waals surface area contributed by atoms with Gasteiger partial charge in [-0.3, -0.25) is 24.6 Å². The van der Waals surface area contributed by atoms with Gasteiger partial charge in [0.2, 0.25) is 5.91 Å². The molecule has 1 aromatic carbocycles. The standard InChI is InChI=1S/C15H19N3O5/c1-16(12-4-6-13(7-5-12)18(22)23)14(19)10-17-8-2-3-11(9-17)15(20)21/h4-7,11H,2-3,8-10H2,1H3,(H,20,21). The van der Waals surface area contributed by atoms with Crippen LogP contribution in [0.1, 0.15) is 12.8 Å². The molecule has 0 spiro atoms. The number of non-ortho nitro benzene ring substituents is 1. The van der Waals surface area contributed by atoms with Crippen LogP contribution in [0.25, 0.3) is 0 Å². The molecule has 1 atom stereocenters. The molecule has 0 aliphatic carbocycles. The number of hydrogen-bond donors (Lipinski definition) is 1. The topological polar surface area (TPSA) is 104 Å². The van der Waals surface area contributed by atoms with E-state index < -0.39 is 16.8 Å². The number of anilines is 1. The number of likely N-dealkylation sites (tertiary alicyclic amines) is 1. The van der Waals surface area contributed by atoms with Crippen molar-refractivity contribution in [1.29, 1.82) is 0 Å². The number of carbonyl (C=O) groups is 2. The number of piperidine rings is 1. The molecule has 0 saturated carbocycles. The maximum absolute atomic E-state index is 12.3. The number of rotatable bonds is 5. The molecule has 0 aromatic heterocycles. The quantitative estimate of drug-likeness (QED) is 0.648. The molecule has 0 bridgehead atoms. The number of likely N-dealkylation sites (N-methyl/N-ethyl adjacent to an activating group) is 1. The average molecular weight is 321 g/mol. The first-order chi connectivity index (χ1) is 10.9. The van der Waals surface area contributed by atoms with E-state index in [2.05, 4.69) is 0 Å². The number of carboxylic acids is 1. The van der Waals surface area contributed by atoms with Crippen LogP contribution in [0.3, 0.4) is 0 Å². The van der Waals surface area contributed by atoms with E-state index in [-0.39, 0.29) is 18.1 Å². The molecule has 23 heavy (non-hydrogen) atoms. The molecule has 1 unspecified atom stereocenters. The highest BCUT2D eigenvalue weighted by molar-refractivity contribution is 5.94. The molecular weight excluding hydrogens is 302 g/mol. The first kappa shape index (κ1) is 16.9. The molecule has 8 heteroatoms. The lowest BCUT2D eigenvalue weighted by Crippen LogP contribution is -2.44. The summed E-state index contributed by atoms with van der Waals surface area (Å²) in [4.78, 5) is 36.8. The minimum Gasteiger partial charge on any atom is -0.481 e. The van der Waals surface area contributed by atoms with Crippen LogP contribution < -0.4 is 4.90 Å². The molecule has 1 heterocycles. The summed E-state index contributed by atoms with van der Waals surface area (Å²) in [6.45, 7) is 1.20. The van der Waals surface area contributed by atoms with Gasteiger partial charge in [-0.1, -0.05) is 0 Å². The van der Waals surface area contributed by atoms with Gasteiger partial charge in [0.15, 0.2) is 0 Å². The molecule has 1 N–H and O–H groups in total. The van der Waals surface area contributed by atoms with Gasteiger partial charge < -0.3 is 10.0 Å². The van der Waals surface area contributed by atoms with E-state index in [0.717, 1.165) is 6.42 Å². The Kier molecular flexibility index (Phi) is 5.28. The van der Waals surface area contributed by atoms with Gasteiger partial charge in [-0.25, -0.2) is 0 Å². The Labute approximate surface area is 133 Å². The number of carbonyl (C=O) groups excluding carboxylic acids is 1. The largest absolute Gasteiger partial charge is 0.481 e. The summed E-state index contributed by atoms with van der Waals surface area (Å²) >= 11 is 0. The number of amides is 1. The van der Waals surface area contributed by atoms with Crippen LogP contribution in [0.2, 0.25) is 0 Å². The molecule has 1 aliphatic rings. The van der Waals surface area contributed by atoms with Gasteiger partial charge in [-0.2, -0.15) is 0 Å². The van der Waals surface area contributed by atoms with E-state index in [1.165, 1.54) is 29.2 Å². The van der Waals surface area contributed by atoms with Crippen LogP contribution in [-0.2, 0) is 9.59 Å². The van der Waals surface area contributed by atoms with E-state index in [0.29, 0.717) is 25.2 Å².